The Morgan fingerprint density at radius 2 is 1.90 bits per heavy atom. The predicted octanol–water partition coefficient (Wildman–Crippen LogP) is 4.50. The monoisotopic (exact) mass is 438 g/mol. The van der Waals surface area contributed by atoms with Gasteiger partial charge < -0.3 is 14.8 Å². The number of carbonyl (C=O) groups excluding carboxylic acids is 1. The van der Waals surface area contributed by atoms with E-state index in [9.17, 15) is 4.79 Å². The zero-order valence-corrected chi connectivity index (χ0v) is 19.0. The maximum atomic E-state index is 12.5. The Labute approximate surface area is 186 Å². The summed E-state index contributed by atoms with van der Waals surface area (Å²) < 4.78 is 12.6. The van der Waals surface area contributed by atoms with Crippen LogP contribution >= 0.6 is 11.8 Å². The molecule has 3 aromatic rings. The number of carbonyl (C=O) groups is 1. The number of hydrogen-bond donors (Lipinski definition) is 1. The summed E-state index contributed by atoms with van der Waals surface area (Å²) in [6.45, 7) is 8.31. The normalized spacial score (nSPS) is 10.6. The standard InChI is InChI=1S/C23H26N4O3S/c1-6-11-27-22(17-9-10-19(29-4)20(13-17)30-5)25-26-23(27)31-14-21(28)24-18-12-15(2)7-8-16(18)3/h6-10,12-13H,1,11,14H2,2-5H3,(H,24,28). The summed E-state index contributed by atoms with van der Waals surface area (Å²) in [7, 11) is 3.18. The van der Waals surface area contributed by atoms with Crippen molar-refractivity contribution in [3.8, 4) is 22.9 Å². The number of allylic oxidation sites excluding steroid dienone is 1. The van der Waals surface area contributed by atoms with Crippen molar-refractivity contribution < 1.29 is 14.3 Å². The molecule has 0 aliphatic carbocycles. The average molecular weight is 439 g/mol. The van der Waals surface area contributed by atoms with E-state index >= 15 is 0 Å². The highest BCUT2D eigenvalue weighted by Gasteiger charge is 2.17. The molecule has 3 rings (SSSR count). The Kier molecular flexibility index (Phi) is 7.36. The molecule has 31 heavy (non-hydrogen) atoms. The average Bonchev–Trinajstić information content (AvgIpc) is 3.17. The largest absolute Gasteiger partial charge is 0.493 e. The van der Waals surface area contributed by atoms with Gasteiger partial charge in [-0.05, 0) is 49.2 Å². The maximum Gasteiger partial charge on any atom is 0.234 e. The molecule has 1 amide bonds. The van der Waals surface area contributed by atoms with Crippen LogP contribution < -0.4 is 14.8 Å². The van der Waals surface area contributed by atoms with E-state index in [4.69, 9.17) is 9.47 Å². The summed E-state index contributed by atoms with van der Waals surface area (Å²) in [6, 6.07) is 11.6. The third-order valence-electron chi connectivity index (χ3n) is 4.67. The topological polar surface area (TPSA) is 78.3 Å². The predicted molar refractivity (Wildman–Crippen MR) is 124 cm³/mol. The molecule has 0 spiro atoms. The highest BCUT2D eigenvalue weighted by molar-refractivity contribution is 7.99. The molecular formula is C23H26N4O3S. The first-order valence-electron chi connectivity index (χ1n) is 9.73. The molecule has 0 aliphatic rings. The first-order chi connectivity index (χ1) is 15.0. The highest BCUT2D eigenvalue weighted by Crippen LogP contribution is 2.33. The first-order valence-corrected chi connectivity index (χ1v) is 10.7. The molecule has 1 heterocycles. The summed E-state index contributed by atoms with van der Waals surface area (Å²) >= 11 is 1.33. The lowest BCUT2D eigenvalue weighted by atomic mass is 10.1. The van der Waals surface area contributed by atoms with Gasteiger partial charge in [0.1, 0.15) is 0 Å². The zero-order valence-electron chi connectivity index (χ0n) is 18.1. The van der Waals surface area contributed by atoms with Crippen LogP contribution in [0.3, 0.4) is 0 Å². The van der Waals surface area contributed by atoms with Crippen molar-refractivity contribution in [3.05, 3.63) is 60.2 Å². The van der Waals surface area contributed by atoms with E-state index in [1.807, 2.05) is 54.8 Å². The van der Waals surface area contributed by atoms with Crippen LogP contribution in [0.25, 0.3) is 11.4 Å². The fourth-order valence-electron chi connectivity index (χ4n) is 3.06. The van der Waals surface area contributed by atoms with Gasteiger partial charge >= 0.3 is 0 Å². The Morgan fingerprint density at radius 3 is 2.61 bits per heavy atom. The minimum Gasteiger partial charge on any atom is -0.493 e. The number of nitrogens with one attached hydrogen (secondary N) is 1. The second kappa shape index (κ2) is 10.2. The van der Waals surface area contributed by atoms with Crippen molar-refractivity contribution in [2.75, 3.05) is 25.3 Å². The summed E-state index contributed by atoms with van der Waals surface area (Å²) in [5.41, 5.74) is 3.77. The van der Waals surface area contributed by atoms with Gasteiger partial charge in [-0.1, -0.05) is 30.0 Å². The third-order valence-corrected chi connectivity index (χ3v) is 5.64. The molecule has 1 N–H and O–H groups in total. The molecule has 0 saturated heterocycles. The summed E-state index contributed by atoms with van der Waals surface area (Å²) in [5, 5.41) is 12.2. The van der Waals surface area contributed by atoms with Gasteiger partial charge in [-0.2, -0.15) is 0 Å². The Hall–Kier alpha value is -3.26. The van der Waals surface area contributed by atoms with E-state index < -0.39 is 0 Å². The molecule has 0 saturated carbocycles. The van der Waals surface area contributed by atoms with Crippen molar-refractivity contribution >= 4 is 23.4 Å². The summed E-state index contributed by atoms with van der Waals surface area (Å²) in [6.07, 6.45) is 1.77. The van der Waals surface area contributed by atoms with Crippen molar-refractivity contribution in [1.29, 1.82) is 0 Å². The number of rotatable bonds is 9. The lowest BCUT2D eigenvalue weighted by Crippen LogP contribution is -2.15. The molecule has 8 heteroatoms. The van der Waals surface area contributed by atoms with Crippen LogP contribution in [0.2, 0.25) is 0 Å². The summed E-state index contributed by atoms with van der Waals surface area (Å²) in [4.78, 5) is 12.5. The van der Waals surface area contributed by atoms with E-state index in [1.165, 1.54) is 11.8 Å². The number of anilines is 1. The van der Waals surface area contributed by atoms with Crippen LogP contribution in [-0.4, -0.2) is 40.6 Å². The van der Waals surface area contributed by atoms with Gasteiger partial charge in [0.15, 0.2) is 22.5 Å². The molecule has 0 fully saturated rings. The molecule has 162 valence electrons. The number of thioether (sulfide) groups is 1. The van der Waals surface area contributed by atoms with Crippen LogP contribution in [0.1, 0.15) is 11.1 Å². The van der Waals surface area contributed by atoms with Gasteiger partial charge in [-0.3, -0.25) is 9.36 Å². The van der Waals surface area contributed by atoms with Gasteiger partial charge in [0.05, 0.1) is 20.0 Å². The number of hydrogen-bond acceptors (Lipinski definition) is 6. The fourth-order valence-corrected chi connectivity index (χ4v) is 3.81. The van der Waals surface area contributed by atoms with Gasteiger partial charge in [0.2, 0.25) is 5.91 Å². The Balaban J connectivity index is 1.78. The van der Waals surface area contributed by atoms with Gasteiger partial charge in [-0.15, -0.1) is 16.8 Å². The number of benzene rings is 2. The maximum absolute atomic E-state index is 12.5. The van der Waals surface area contributed by atoms with E-state index in [1.54, 1.807) is 20.3 Å². The molecule has 1 aromatic heterocycles. The first kappa shape index (κ1) is 22.4. The molecule has 0 radical (unpaired) electrons. The van der Waals surface area contributed by atoms with Crippen LogP contribution in [-0.2, 0) is 11.3 Å². The van der Waals surface area contributed by atoms with E-state index in [0.717, 1.165) is 22.4 Å². The van der Waals surface area contributed by atoms with Gasteiger partial charge in [0.25, 0.3) is 0 Å². The molecule has 0 unspecified atom stereocenters. The number of aromatic nitrogens is 3. The number of methoxy groups -OCH3 is 2. The minimum absolute atomic E-state index is 0.0977. The lowest BCUT2D eigenvalue weighted by Gasteiger charge is -2.11. The molecule has 0 bridgehead atoms. The second-order valence-corrected chi connectivity index (χ2v) is 7.87. The number of nitrogens with zero attached hydrogens (tertiary/aromatic N) is 3. The SMILES string of the molecule is C=CCn1c(SCC(=O)Nc2cc(C)ccc2C)nnc1-c1ccc(OC)c(OC)c1. The number of ether oxygens (including phenoxy) is 2. The summed E-state index contributed by atoms with van der Waals surface area (Å²) in [5.74, 6) is 2.03. The minimum atomic E-state index is -0.0977. The Bertz CT molecular complexity index is 1090. The van der Waals surface area contributed by atoms with Crippen molar-refractivity contribution in [3.63, 3.8) is 0 Å². The quantitative estimate of drug-likeness (QED) is 0.392. The highest BCUT2D eigenvalue weighted by atomic mass is 32.2. The van der Waals surface area contributed by atoms with E-state index in [-0.39, 0.29) is 11.7 Å². The number of amides is 1. The Morgan fingerprint density at radius 1 is 1.13 bits per heavy atom. The molecule has 0 aliphatic heterocycles. The van der Waals surface area contributed by atoms with Gasteiger partial charge in [0, 0.05) is 17.8 Å². The van der Waals surface area contributed by atoms with Crippen molar-refractivity contribution in [2.24, 2.45) is 0 Å². The van der Waals surface area contributed by atoms with Crippen molar-refractivity contribution in [2.45, 2.75) is 25.5 Å². The van der Waals surface area contributed by atoms with E-state index in [0.29, 0.717) is 29.0 Å². The molecular weight excluding hydrogens is 412 g/mol. The third kappa shape index (κ3) is 5.27. The van der Waals surface area contributed by atoms with Crippen LogP contribution in [0.5, 0.6) is 11.5 Å². The lowest BCUT2D eigenvalue weighted by molar-refractivity contribution is -0.113. The van der Waals surface area contributed by atoms with Gasteiger partial charge in [-0.25, -0.2) is 0 Å². The molecule has 0 atom stereocenters. The van der Waals surface area contributed by atoms with E-state index in [2.05, 4.69) is 22.1 Å². The number of aryl methyl sites for hydroxylation is 2. The van der Waals surface area contributed by atoms with Crippen LogP contribution in [0.15, 0.2) is 54.2 Å². The van der Waals surface area contributed by atoms with Crippen molar-refractivity contribution in [1.82, 2.24) is 14.8 Å². The fraction of sp³-hybridized carbons (Fsp3) is 0.261. The second-order valence-electron chi connectivity index (χ2n) is 6.93. The zero-order chi connectivity index (χ0) is 22.4. The van der Waals surface area contributed by atoms with Crippen LogP contribution in [0, 0.1) is 13.8 Å². The smallest absolute Gasteiger partial charge is 0.234 e. The van der Waals surface area contributed by atoms with Crippen LogP contribution in [0.4, 0.5) is 5.69 Å². The molecule has 2 aromatic carbocycles. The molecule has 7 nitrogen and oxygen atoms in total.